The minimum Gasteiger partial charge on any atom is -0.497 e. The molecule has 4 heteroatoms. The second-order valence-electron chi connectivity index (χ2n) is 4.95. The van der Waals surface area contributed by atoms with Gasteiger partial charge >= 0.3 is 0 Å². The molecule has 2 N–H and O–H groups in total. The van der Waals surface area contributed by atoms with Crippen molar-refractivity contribution in [1.82, 2.24) is 10.6 Å². The van der Waals surface area contributed by atoms with Gasteiger partial charge in [-0.3, -0.25) is 0 Å². The second kappa shape index (κ2) is 8.77. The molecule has 19 heavy (non-hydrogen) atoms. The molecule has 0 aliphatic heterocycles. The lowest BCUT2D eigenvalue weighted by Gasteiger charge is -2.12. The zero-order valence-corrected chi connectivity index (χ0v) is 12.5. The van der Waals surface area contributed by atoms with Crippen molar-refractivity contribution in [1.29, 1.82) is 0 Å². The summed E-state index contributed by atoms with van der Waals surface area (Å²) in [5, 5.41) is 6.81. The van der Waals surface area contributed by atoms with E-state index in [-0.39, 0.29) is 0 Å². The van der Waals surface area contributed by atoms with Crippen LogP contribution in [0.3, 0.4) is 0 Å². The normalized spacial score (nSPS) is 10.8. The fourth-order valence-electron chi connectivity index (χ4n) is 1.81. The van der Waals surface area contributed by atoms with Crippen molar-refractivity contribution in [3.63, 3.8) is 0 Å². The van der Waals surface area contributed by atoms with E-state index in [1.54, 1.807) is 14.2 Å². The number of methoxy groups -OCH3 is 2. The van der Waals surface area contributed by atoms with E-state index in [4.69, 9.17) is 9.47 Å². The van der Waals surface area contributed by atoms with E-state index in [0.717, 1.165) is 43.2 Å². The van der Waals surface area contributed by atoms with Gasteiger partial charge in [0, 0.05) is 25.2 Å². The van der Waals surface area contributed by atoms with Gasteiger partial charge in [0.15, 0.2) is 0 Å². The van der Waals surface area contributed by atoms with Gasteiger partial charge in [-0.05, 0) is 30.7 Å². The highest BCUT2D eigenvalue weighted by molar-refractivity contribution is 5.40. The first-order chi connectivity index (χ1) is 9.17. The maximum atomic E-state index is 5.34. The smallest absolute Gasteiger partial charge is 0.123 e. The van der Waals surface area contributed by atoms with Crippen LogP contribution >= 0.6 is 0 Å². The van der Waals surface area contributed by atoms with E-state index in [1.807, 2.05) is 18.2 Å². The van der Waals surface area contributed by atoms with Gasteiger partial charge in [-0.1, -0.05) is 13.8 Å². The first-order valence-corrected chi connectivity index (χ1v) is 6.79. The summed E-state index contributed by atoms with van der Waals surface area (Å²) in [4.78, 5) is 0. The van der Waals surface area contributed by atoms with Crippen LogP contribution in [0, 0.1) is 5.92 Å². The van der Waals surface area contributed by atoms with Crippen molar-refractivity contribution < 1.29 is 9.47 Å². The lowest BCUT2D eigenvalue weighted by atomic mass is 10.2. The molecular formula is C15H26N2O2. The van der Waals surface area contributed by atoms with Crippen molar-refractivity contribution >= 4 is 0 Å². The lowest BCUT2D eigenvalue weighted by molar-refractivity contribution is 0.397. The molecule has 0 atom stereocenters. The molecule has 4 nitrogen and oxygen atoms in total. The molecule has 0 saturated carbocycles. The highest BCUT2D eigenvalue weighted by Gasteiger charge is 2.04. The summed E-state index contributed by atoms with van der Waals surface area (Å²) < 4.78 is 10.6. The van der Waals surface area contributed by atoms with Gasteiger partial charge < -0.3 is 20.1 Å². The van der Waals surface area contributed by atoms with Gasteiger partial charge in [0.05, 0.1) is 14.2 Å². The Kier molecular flexibility index (Phi) is 7.30. The minimum absolute atomic E-state index is 0.693. The minimum atomic E-state index is 0.693. The van der Waals surface area contributed by atoms with Gasteiger partial charge in [0.1, 0.15) is 11.5 Å². The first-order valence-electron chi connectivity index (χ1n) is 6.79. The Labute approximate surface area is 116 Å². The van der Waals surface area contributed by atoms with Crippen LogP contribution in [0.1, 0.15) is 19.4 Å². The molecule has 108 valence electrons. The Morgan fingerprint density at radius 3 is 2.42 bits per heavy atom. The Bertz CT molecular complexity index is 367. The first kappa shape index (κ1) is 15.8. The van der Waals surface area contributed by atoms with E-state index in [9.17, 15) is 0 Å². The van der Waals surface area contributed by atoms with Crippen LogP contribution in [0.15, 0.2) is 18.2 Å². The summed E-state index contributed by atoms with van der Waals surface area (Å²) in [6.45, 7) is 8.18. The summed E-state index contributed by atoms with van der Waals surface area (Å²) >= 11 is 0. The van der Waals surface area contributed by atoms with Crippen LogP contribution in [0.5, 0.6) is 11.5 Å². The highest BCUT2D eigenvalue weighted by Crippen LogP contribution is 2.23. The molecule has 0 aromatic heterocycles. The highest BCUT2D eigenvalue weighted by atomic mass is 16.5. The van der Waals surface area contributed by atoms with Crippen LogP contribution in [-0.2, 0) is 6.54 Å². The lowest BCUT2D eigenvalue weighted by Crippen LogP contribution is -2.29. The maximum absolute atomic E-state index is 5.34. The fourth-order valence-corrected chi connectivity index (χ4v) is 1.81. The summed E-state index contributed by atoms with van der Waals surface area (Å²) in [5.74, 6) is 2.44. The number of ether oxygens (including phenoxy) is 2. The monoisotopic (exact) mass is 266 g/mol. The number of benzene rings is 1. The quantitative estimate of drug-likeness (QED) is 0.671. The molecule has 0 heterocycles. The van der Waals surface area contributed by atoms with E-state index >= 15 is 0 Å². The van der Waals surface area contributed by atoms with Crippen LogP contribution in [0.25, 0.3) is 0 Å². The molecule has 0 aliphatic rings. The topological polar surface area (TPSA) is 42.5 Å². The van der Waals surface area contributed by atoms with Crippen LogP contribution in [-0.4, -0.2) is 33.9 Å². The molecule has 1 rings (SSSR count). The molecule has 0 bridgehead atoms. The van der Waals surface area contributed by atoms with Gasteiger partial charge in [0.2, 0.25) is 0 Å². The van der Waals surface area contributed by atoms with E-state index in [1.165, 1.54) is 0 Å². The van der Waals surface area contributed by atoms with Crippen LogP contribution < -0.4 is 20.1 Å². The summed E-state index contributed by atoms with van der Waals surface area (Å²) in [6, 6.07) is 5.85. The summed E-state index contributed by atoms with van der Waals surface area (Å²) in [6.07, 6.45) is 0. The molecule has 0 unspecified atom stereocenters. The maximum Gasteiger partial charge on any atom is 0.123 e. The molecule has 0 radical (unpaired) electrons. The average molecular weight is 266 g/mol. The zero-order valence-electron chi connectivity index (χ0n) is 12.5. The molecule has 0 saturated heterocycles. The largest absolute Gasteiger partial charge is 0.497 e. The molecule has 1 aromatic carbocycles. The van der Waals surface area contributed by atoms with Gasteiger partial charge in [-0.25, -0.2) is 0 Å². The Morgan fingerprint density at radius 1 is 1.05 bits per heavy atom. The van der Waals surface area contributed by atoms with E-state index in [0.29, 0.717) is 5.92 Å². The van der Waals surface area contributed by atoms with Crippen LogP contribution in [0.4, 0.5) is 0 Å². The van der Waals surface area contributed by atoms with Gasteiger partial charge in [-0.2, -0.15) is 0 Å². The average Bonchev–Trinajstić information content (AvgIpc) is 2.42. The van der Waals surface area contributed by atoms with Gasteiger partial charge in [-0.15, -0.1) is 0 Å². The summed E-state index contributed by atoms with van der Waals surface area (Å²) in [5.41, 5.74) is 1.12. The third kappa shape index (κ3) is 5.94. The third-order valence-electron chi connectivity index (χ3n) is 2.83. The molecular weight excluding hydrogens is 240 g/mol. The fraction of sp³-hybridized carbons (Fsp3) is 0.600. The molecule has 0 spiro atoms. The zero-order chi connectivity index (χ0) is 14.1. The SMILES string of the molecule is COc1ccc(OC)c(CNCCNCC(C)C)c1. The Hall–Kier alpha value is -1.26. The van der Waals surface area contributed by atoms with Crippen molar-refractivity contribution in [3.05, 3.63) is 23.8 Å². The van der Waals surface area contributed by atoms with Crippen molar-refractivity contribution in [2.24, 2.45) is 5.92 Å². The molecule has 0 aliphatic carbocycles. The van der Waals surface area contributed by atoms with E-state index in [2.05, 4.69) is 24.5 Å². The van der Waals surface area contributed by atoms with E-state index < -0.39 is 0 Å². The number of hydrogen-bond donors (Lipinski definition) is 2. The molecule has 1 aromatic rings. The molecule has 0 amide bonds. The standard InChI is InChI=1S/C15H26N2O2/c1-12(2)10-16-7-8-17-11-13-9-14(18-3)5-6-15(13)19-4/h5-6,9,12,16-17H,7-8,10-11H2,1-4H3. The Balaban J connectivity index is 2.35. The predicted molar refractivity (Wildman–Crippen MR) is 79.0 cm³/mol. The molecule has 0 fully saturated rings. The predicted octanol–water partition coefficient (Wildman–Crippen LogP) is 2.04. The third-order valence-corrected chi connectivity index (χ3v) is 2.83. The number of nitrogens with one attached hydrogen (secondary N) is 2. The second-order valence-corrected chi connectivity index (χ2v) is 4.95. The van der Waals surface area contributed by atoms with Crippen molar-refractivity contribution in [2.75, 3.05) is 33.9 Å². The Morgan fingerprint density at radius 2 is 1.79 bits per heavy atom. The number of hydrogen-bond acceptors (Lipinski definition) is 4. The summed E-state index contributed by atoms with van der Waals surface area (Å²) in [7, 11) is 3.37. The van der Waals surface area contributed by atoms with Gasteiger partial charge in [0.25, 0.3) is 0 Å². The van der Waals surface area contributed by atoms with Crippen LogP contribution in [0.2, 0.25) is 0 Å². The van der Waals surface area contributed by atoms with Crippen molar-refractivity contribution in [3.8, 4) is 11.5 Å². The van der Waals surface area contributed by atoms with Crippen molar-refractivity contribution in [2.45, 2.75) is 20.4 Å². The number of rotatable bonds is 9.